The fourth-order valence-electron chi connectivity index (χ4n) is 9.56. The van der Waals surface area contributed by atoms with Crippen LogP contribution in [-0.4, -0.2) is 19.6 Å². The van der Waals surface area contributed by atoms with Crippen molar-refractivity contribution in [3.63, 3.8) is 0 Å². The van der Waals surface area contributed by atoms with Gasteiger partial charge in [0.1, 0.15) is 11.6 Å². The molecule has 0 aliphatic heterocycles. The zero-order valence-electron chi connectivity index (χ0n) is 53.8. The molecule has 0 aliphatic rings. The summed E-state index contributed by atoms with van der Waals surface area (Å²) in [5.74, 6) is 0.396. The molecule has 4 nitrogen and oxygen atoms in total. The molecule has 2 heterocycles. The lowest BCUT2D eigenvalue weighted by atomic mass is 9.78. The van der Waals surface area contributed by atoms with Gasteiger partial charge in [-0.05, 0) is 151 Å². The van der Waals surface area contributed by atoms with Crippen LogP contribution in [0.25, 0.3) is 83.9 Å². The van der Waals surface area contributed by atoms with Crippen molar-refractivity contribution in [2.75, 3.05) is 0 Å². The van der Waals surface area contributed by atoms with Gasteiger partial charge in [-0.25, -0.2) is 4.98 Å². The van der Waals surface area contributed by atoms with Crippen LogP contribution in [0.15, 0.2) is 158 Å². The van der Waals surface area contributed by atoms with Gasteiger partial charge in [-0.3, -0.25) is 9.55 Å². The van der Waals surface area contributed by atoms with Crippen molar-refractivity contribution in [3.05, 3.63) is 191 Å². The molecular weight excluding hydrogens is 851 g/mol. The number of hydrogen-bond acceptors (Lipinski definition) is 3. The number of phenolic OH excluding ortho intramolecular Hbond substituents is 1. The molecule has 1 N–H and O–H groups in total. The lowest BCUT2D eigenvalue weighted by Gasteiger charge is -2.26. The Balaban J connectivity index is 1.27. The van der Waals surface area contributed by atoms with E-state index >= 15 is 0 Å². The van der Waals surface area contributed by atoms with Crippen LogP contribution >= 0.6 is 0 Å². The van der Waals surface area contributed by atoms with E-state index in [0.29, 0.717) is 50.5 Å². The van der Waals surface area contributed by atoms with E-state index in [9.17, 15) is 9.22 Å². The largest absolute Gasteiger partial charge is 0.507 e. The third-order valence-electron chi connectivity index (χ3n) is 13.3. The standard InChI is InChI=1S/C66H69N3O/c1-41-34-53(61(70)55(35-41)66(12,13)14)62-68-60-52(47-37-48(39-50(38-47)64(6,7)8)56-40-45(32-33-67-56)43-26-29-49(30-27-43)63(3,4)5)23-19-25-58(60)69(62)57-31-28-46(36-42(57)2)59-51(44-20-16-15-17-21-44)22-18-24-54(59)65(9,10)11/h15-40,70H,1-14H3/i2D3,3D3,4D3,5D3. The van der Waals surface area contributed by atoms with Crippen LogP contribution in [-0.2, 0) is 21.7 Å². The van der Waals surface area contributed by atoms with Gasteiger partial charge >= 0.3 is 0 Å². The first-order valence-electron chi connectivity index (χ1n) is 29.9. The molecule has 70 heavy (non-hydrogen) atoms. The van der Waals surface area contributed by atoms with Crippen LogP contribution in [0.5, 0.6) is 5.75 Å². The van der Waals surface area contributed by atoms with Gasteiger partial charge in [-0.15, -0.1) is 0 Å². The number of fused-ring (bicyclic) bond motifs is 1. The SMILES string of the molecule is [2H]C([2H])([2H])c1cc(-c2c(-c3ccccc3)cccc2C(C)(C)C)ccc1-n1c(-c2cc(C)cc(C(C)(C)C)c2O)nc2c(-c3cc(-c4cc(-c5ccc(C(C([2H])([2H])[2H])(C([2H])([2H])[2H])C([2H])([2H])[2H])cc5)ccn4)cc(C(C)(C)C)c3)cccc21. The number of imidazole rings is 1. The highest BCUT2D eigenvalue weighted by molar-refractivity contribution is 5.97. The third kappa shape index (κ3) is 9.25. The highest BCUT2D eigenvalue weighted by Gasteiger charge is 2.28. The number of hydrogen-bond donors (Lipinski definition) is 1. The fraction of sp³-hybridized carbons (Fsp3) is 0.273. The summed E-state index contributed by atoms with van der Waals surface area (Å²) in [5, 5.41) is 12.5. The Kier molecular flexibility index (Phi) is 8.90. The van der Waals surface area contributed by atoms with Crippen molar-refractivity contribution in [2.45, 2.75) is 118 Å². The van der Waals surface area contributed by atoms with Gasteiger partial charge in [0.2, 0.25) is 0 Å². The summed E-state index contributed by atoms with van der Waals surface area (Å²) in [6.45, 7) is 8.08. The first-order chi connectivity index (χ1) is 37.9. The molecule has 0 radical (unpaired) electrons. The van der Waals surface area contributed by atoms with E-state index in [0.717, 1.165) is 55.6 Å². The summed E-state index contributed by atoms with van der Waals surface area (Å²) < 4.78 is 104. The lowest BCUT2D eigenvalue weighted by Crippen LogP contribution is -2.13. The number of phenols is 1. The molecule has 0 atom stereocenters. The molecule has 354 valence electrons. The van der Waals surface area contributed by atoms with E-state index < -0.39 is 38.2 Å². The molecule has 2 aromatic heterocycles. The summed E-state index contributed by atoms with van der Waals surface area (Å²) >= 11 is 0. The summed E-state index contributed by atoms with van der Waals surface area (Å²) in [7, 11) is 0. The molecule has 0 saturated carbocycles. The minimum Gasteiger partial charge on any atom is -0.507 e. The Hall–Kier alpha value is -7.04. The highest BCUT2D eigenvalue weighted by Crippen LogP contribution is 2.46. The molecule has 9 aromatic rings. The van der Waals surface area contributed by atoms with Crippen molar-refractivity contribution < 1.29 is 21.6 Å². The predicted octanol–water partition coefficient (Wildman–Crippen LogP) is 17.9. The molecule has 0 fully saturated rings. The number of benzene rings is 7. The number of rotatable bonds is 7. The monoisotopic (exact) mass is 932 g/mol. The third-order valence-corrected chi connectivity index (χ3v) is 13.3. The molecule has 0 aliphatic carbocycles. The average Bonchev–Trinajstić information content (AvgIpc) is 1.12. The Morgan fingerprint density at radius 3 is 1.87 bits per heavy atom. The molecule has 0 saturated heterocycles. The second-order valence-electron chi connectivity index (χ2n) is 21.8. The van der Waals surface area contributed by atoms with Crippen LogP contribution in [0.3, 0.4) is 0 Å². The molecule has 4 heteroatoms. The number of aryl methyl sites for hydroxylation is 2. The number of para-hydroxylation sites is 1. The highest BCUT2D eigenvalue weighted by atomic mass is 16.3. The topological polar surface area (TPSA) is 50.9 Å². The van der Waals surface area contributed by atoms with Gasteiger partial charge in [0.05, 0.1) is 28.0 Å². The Morgan fingerprint density at radius 2 is 1.19 bits per heavy atom. The number of aromatic nitrogens is 3. The quantitative estimate of drug-likeness (QED) is 0.173. The normalized spacial score (nSPS) is 15.7. The maximum Gasteiger partial charge on any atom is 0.149 e. The Bertz CT molecular complexity index is 3850. The van der Waals surface area contributed by atoms with Crippen molar-refractivity contribution in [1.82, 2.24) is 14.5 Å². The summed E-state index contributed by atoms with van der Waals surface area (Å²) in [4.78, 5) is 10.3. The van der Waals surface area contributed by atoms with E-state index in [1.165, 1.54) is 24.3 Å². The average molecular weight is 932 g/mol. The first kappa shape index (κ1) is 35.1. The molecule has 7 aromatic carbocycles. The zero-order chi connectivity index (χ0) is 60.1. The number of aromatic hydroxyl groups is 1. The van der Waals surface area contributed by atoms with Crippen LogP contribution in [0.2, 0.25) is 0 Å². The second-order valence-corrected chi connectivity index (χ2v) is 21.8. The van der Waals surface area contributed by atoms with Gasteiger partial charge in [0, 0.05) is 39.3 Å². The summed E-state index contributed by atoms with van der Waals surface area (Å²) in [6, 6.07) is 47.2. The van der Waals surface area contributed by atoms with E-state index in [2.05, 4.69) is 84.0 Å². The predicted molar refractivity (Wildman–Crippen MR) is 297 cm³/mol. The van der Waals surface area contributed by atoms with Crippen LogP contribution in [0.1, 0.15) is 133 Å². The second kappa shape index (κ2) is 17.7. The van der Waals surface area contributed by atoms with Crippen molar-refractivity contribution in [2.24, 2.45) is 0 Å². The first-order valence-corrected chi connectivity index (χ1v) is 23.9. The van der Waals surface area contributed by atoms with E-state index in [1.807, 2.05) is 105 Å². The minimum atomic E-state index is -3.40. The van der Waals surface area contributed by atoms with Crippen molar-refractivity contribution in [3.8, 4) is 78.6 Å². The Morgan fingerprint density at radius 1 is 0.500 bits per heavy atom. The minimum absolute atomic E-state index is 0.0404. The molecule has 0 unspecified atom stereocenters. The van der Waals surface area contributed by atoms with Crippen molar-refractivity contribution in [1.29, 1.82) is 0 Å². The molecule has 0 amide bonds. The zero-order valence-corrected chi connectivity index (χ0v) is 41.8. The van der Waals surface area contributed by atoms with Crippen LogP contribution in [0, 0.1) is 13.8 Å². The smallest absolute Gasteiger partial charge is 0.149 e. The maximum atomic E-state index is 12.5. The number of nitrogens with zero attached hydrogens (tertiary/aromatic N) is 3. The van der Waals surface area contributed by atoms with E-state index in [1.54, 1.807) is 18.3 Å². The Labute approximate surface area is 434 Å². The fourth-order valence-corrected chi connectivity index (χ4v) is 9.56. The van der Waals surface area contributed by atoms with E-state index in [-0.39, 0.29) is 27.7 Å². The summed E-state index contributed by atoms with van der Waals surface area (Å²) in [6.07, 6.45) is 1.65. The molecule has 0 bridgehead atoms. The maximum absolute atomic E-state index is 12.5. The van der Waals surface area contributed by atoms with Crippen LogP contribution in [0.4, 0.5) is 0 Å². The molecule has 9 rings (SSSR count). The van der Waals surface area contributed by atoms with Crippen molar-refractivity contribution >= 4 is 11.0 Å². The van der Waals surface area contributed by atoms with E-state index in [4.69, 9.17) is 22.3 Å². The van der Waals surface area contributed by atoms with Gasteiger partial charge in [0.15, 0.2) is 0 Å². The molecular formula is C66H69N3O. The molecule has 0 spiro atoms. The summed E-state index contributed by atoms with van der Waals surface area (Å²) in [5.41, 5.74) is 8.85. The number of pyridine rings is 1. The van der Waals surface area contributed by atoms with Gasteiger partial charge < -0.3 is 5.11 Å². The van der Waals surface area contributed by atoms with Gasteiger partial charge in [0.25, 0.3) is 0 Å². The van der Waals surface area contributed by atoms with Gasteiger partial charge in [-0.1, -0.05) is 186 Å². The van der Waals surface area contributed by atoms with Gasteiger partial charge in [-0.2, -0.15) is 0 Å². The lowest BCUT2D eigenvalue weighted by molar-refractivity contribution is 0.448. The van der Waals surface area contributed by atoms with Crippen LogP contribution < -0.4 is 0 Å².